The van der Waals surface area contributed by atoms with Gasteiger partial charge in [-0.05, 0) is 56.7 Å². The van der Waals surface area contributed by atoms with Crippen LogP contribution in [-0.4, -0.2) is 50.7 Å². The Morgan fingerprint density at radius 3 is 2.72 bits per heavy atom. The SMILES string of the molecule is CN=C(NCCCCSC)NC1CCCN(c2ccc(C)cc2)C1.I. The Morgan fingerprint density at radius 1 is 1.28 bits per heavy atom. The Balaban J connectivity index is 0.00000312. The number of aryl methyl sites for hydroxylation is 1. The highest BCUT2D eigenvalue weighted by Gasteiger charge is 2.20. The molecule has 1 aliphatic rings. The number of thioether (sulfide) groups is 1. The first-order valence-corrected chi connectivity index (χ1v) is 10.4. The van der Waals surface area contributed by atoms with E-state index in [1.54, 1.807) is 0 Å². The monoisotopic (exact) mass is 476 g/mol. The number of anilines is 1. The first kappa shape index (κ1) is 22.4. The van der Waals surface area contributed by atoms with Crippen LogP contribution >= 0.6 is 35.7 Å². The molecule has 2 rings (SSSR count). The average Bonchev–Trinajstić information content (AvgIpc) is 2.61. The summed E-state index contributed by atoms with van der Waals surface area (Å²) in [6.07, 6.45) is 7.04. The predicted octanol–water partition coefficient (Wildman–Crippen LogP) is 3.89. The minimum absolute atomic E-state index is 0. The molecule has 1 aliphatic heterocycles. The summed E-state index contributed by atoms with van der Waals surface area (Å²) in [7, 11) is 1.86. The summed E-state index contributed by atoms with van der Waals surface area (Å²) in [5.41, 5.74) is 2.64. The zero-order valence-corrected chi connectivity index (χ0v) is 18.9. The summed E-state index contributed by atoms with van der Waals surface area (Å²) in [6.45, 7) is 5.31. The van der Waals surface area contributed by atoms with Crippen molar-refractivity contribution in [2.24, 2.45) is 4.99 Å². The molecular formula is C19H33IN4S. The first-order valence-electron chi connectivity index (χ1n) is 9.00. The lowest BCUT2D eigenvalue weighted by Gasteiger charge is -2.35. The van der Waals surface area contributed by atoms with Gasteiger partial charge in [0, 0.05) is 38.4 Å². The third-order valence-electron chi connectivity index (χ3n) is 4.45. The molecule has 0 bridgehead atoms. The van der Waals surface area contributed by atoms with Gasteiger partial charge in [-0.3, -0.25) is 4.99 Å². The average molecular weight is 476 g/mol. The maximum atomic E-state index is 4.38. The molecule has 0 aromatic heterocycles. The zero-order valence-electron chi connectivity index (χ0n) is 15.8. The fourth-order valence-electron chi connectivity index (χ4n) is 3.05. The standard InChI is InChI=1S/C19H32N4S.HI/c1-16-8-10-18(11-9-16)23-13-6-7-17(15-23)22-19(20-2)21-12-4-5-14-24-3;/h8-11,17H,4-7,12-15H2,1-3H3,(H2,20,21,22);1H. The summed E-state index contributed by atoms with van der Waals surface area (Å²) in [5, 5.41) is 7.05. The molecule has 2 N–H and O–H groups in total. The van der Waals surface area contributed by atoms with Gasteiger partial charge in [-0.1, -0.05) is 17.7 Å². The van der Waals surface area contributed by atoms with Gasteiger partial charge in [-0.25, -0.2) is 0 Å². The number of unbranched alkanes of at least 4 members (excludes halogenated alkanes) is 1. The van der Waals surface area contributed by atoms with Crippen molar-refractivity contribution in [3.05, 3.63) is 29.8 Å². The predicted molar refractivity (Wildman–Crippen MR) is 124 cm³/mol. The highest BCUT2D eigenvalue weighted by Crippen LogP contribution is 2.20. The molecule has 1 aromatic rings. The Bertz CT molecular complexity index is 507. The number of aliphatic imine (C=N–C) groups is 1. The third-order valence-corrected chi connectivity index (χ3v) is 5.15. The van der Waals surface area contributed by atoms with Crippen LogP contribution in [0.5, 0.6) is 0 Å². The number of rotatable bonds is 7. The molecular weight excluding hydrogens is 443 g/mol. The highest BCUT2D eigenvalue weighted by molar-refractivity contribution is 14.0. The van der Waals surface area contributed by atoms with Crippen LogP contribution in [-0.2, 0) is 0 Å². The van der Waals surface area contributed by atoms with Crippen LogP contribution in [0.25, 0.3) is 0 Å². The highest BCUT2D eigenvalue weighted by atomic mass is 127. The van der Waals surface area contributed by atoms with Gasteiger partial charge in [0.15, 0.2) is 5.96 Å². The maximum Gasteiger partial charge on any atom is 0.191 e. The fraction of sp³-hybridized carbons (Fsp3) is 0.632. The van der Waals surface area contributed by atoms with Crippen molar-refractivity contribution in [3.63, 3.8) is 0 Å². The summed E-state index contributed by atoms with van der Waals surface area (Å²) in [6, 6.07) is 9.31. The molecule has 1 atom stereocenters. The van der Waals surface area contributed by atoms with Crippen LogP contribution in [0.2, 0.25) is 0 Å². The summed E-state index contributed by atoms with van der Waals surface area (Å²) >= 11 is 1.91. The lowest BCUT2D eigenvalue weighted by Crippen LogP contribution is -2.51. The molecule has 25 heavy (non-hydrogen) atoms. The topological polar surface area (TPSA) is 39.7 Å². The molecule has 0 aliphatic carbocycles. The van der Waals surface area contributed by atoms with Crippen LogP contribution < -0.4 is 15.5 Å². The number of nitrogens with one attached hydrogen (secondary N) is 2. The van der Waals surface area contributed by atoms with Crippen LogP contribution in [0.15, 0.2) is 29.3 Å². The zero-order chi connectivity index (χ0) is 17.2. The number of halogens is 1. The van der Waals surface area contributed by atoms with Gasteiger partial charge in [-0.15, -0.1) is 24.0 Å². The molecule has 1 unspecified atom stereocenters. The van der Waals surface area contributed by atoms with E-state index in [1.165, 1.54) is 42.7 Å². The fourth-order valence-corrected chi connectivity index (χ4v) is 3.54. The second-order valence-electron chi connectivity index (χ2n) is 6.46. The molecule has 142 valence electrons. The number of nitrogens with zero attached hydrogens (tertiary/aromatic N) is 2. The van der Waals surface area contributed by atoms with Crippen molar-refractivity contribution >= 4 is 47.4 Å². The molecule has 1 aromatic carbocycles. The van der Waals surface area contributed by atoms with E-state index < -0.39 is 0 Å². The number of hydrogen-bond donors (Lipinski definition) is 2. The van der Waals surface area contributed by atoms with Gasteiger partial charge in [-0.2, -0.15) is 11.8 Å². The van der Waals surface area contributed by atoms with E-state index >= 15 is 0 Å². The molecule has 0 amide bonds. The van der Waals surface area contributed by atoms with Gasteiger partial charge in [0.2, 0.25) is 0 Å². The molecule has 1 saturated heterocycles. The van der Waals surface area contributed by atoms with Crippen molar-refractivity contribution in [2.75, 3.05) is 43.6 Å². The van der Waals surface area contributed by atoms with Crippen molar-refractivity contribution < 1.29 is 0 Å². The molecule has 0 saturated carbocycles. The molecule has 1 fully saturated rings. The van der Waals surface area contributed by atoms with E-state index in [-0.39, 0.29) is 24.0 Å². The Labute approximate surface area is 174 Å². The Morgan fingerprint density at radius 2 is 2.04 bits per heavy atom. The molecule has 6 heteroatoms. The van der Waals surface area contributed by atoms with Crippen LogP contribution in [0.4, 0.5) is 5.69 Å². The first-order chi connectivity index (χ1) is 11.7. The largest absolute Gasteiger partial charge is 0.369 e. The van der Waals surface area contributed by atoms with Gasteiger partial charge in [0.1, 0.15) is 0 Å². The van der Waals surface area contributed by atoms with Gasteiger partial charge < -0.3 is 15.5 Å². The van der Waals surface area contributed by atoms with Crippen molar-refractivity contribution in [1.82, 2.24) is 10.6 Å². The van der Waals surface area contributed by atoms with E-state index in [0.717, 1.165) is 25.6 Å². The van der Waals surface area contributed by atoms with Crippen molar-refractivity contribution in [1.29, 1.82) is 0 Å². The van der Waals surface area contributed by atoms with E-state index in [1.807, 2.05) is 18.8 Å². The smallest absolute Gasteiger partial charge is 0.191 e. The third kappa shape index (κ3) is 8.07. The number of hydrogen-bond acceptors (Lipinski definition) is 3. The second-order valence-corrected chi connectivity index (χ2v) is 7.45. The summed E-state index contributed by atoms with van der Waals surface area (Å²) in [5.74, 6) is 2.18. The van der Waals surface area contributed by atoms with Gasteiger partial charge in [0.05, 0.1) is 0 Å². The second kappa shape index (κ2) is 12.7. The summed E-state index contributed by atoms with van der Waals surface area (Å²) in [4.78, 5) is 6.86. The lowest BCUT2D eigenvalue weighted by atomic mass is 10.0. The lowest BCUT2D eigenvalue weighted by molar-refractivity contribution is 0.468. The Hall–Kier alpha value is -0.630. The molecule has 1 heterocycles. The van der Waals surface area contributed by atoms with Gasteiger partial charge in [0.25, 0.3) is 0 Å². The van der Waals surface area contributed by atoms with Gasteiger partial charge >= 0.3 is 0 Å². The van der Waals surface area contributed by atoms with Crippen molar-refractivity contribution in [3.8, 4) is 0 Å². The van der Waals surface area contributed by atoms with E-state index in [9.17, 15) is 0 Å². The molecule has 4 nitrogen and oxygen atoms in total. The minimum atomic E-state index is 0. The molecule has 0 spiro atoms. The van der Waals surface area contributed by atoms with E-state index in [0.29, 0.717) is 6.04 Å². The summed E-state index contributed by atoms with van der Waals surface area (Å²) < 4.78 is 0. The molecule has 0 radical (unpaired) electrons. The van der Waals surface area contributed by atoms with Crippen LogP contribution in [0.3, 0.4) is 0 Å². The van der Waals surface area contributed by atoms with E-state index in [4.69, 9.17) is 0 Å². The minimum Gasteiger partial charge on any atom is -0.369 e. The number of benzene rings is 1. The Kier molecular flexibility index (Phi) is 11.4. The van der Waals surface area contributed by atoms with Crippen LogP contribution in [0, 0.1) is 6.92 Å². The van der Waals surface area contributed by atoms with Crippen LogP contribution in [0.1, 0.15) is 31.2 Å². The quantitative estimate of drug-likeness (QED) is 0.271. The number of guanidine groups is 1. The maximum absolute atomic E-state index is 4.38. The normalized spacial score (nSPS) is 17.8. The number of piperidine rings is 1. The van der Waals surface area contributed by atoms with E-state index in [2.05, 4.69) is 58.0 Å². The van der Waals surface area contributed by atoms with Crippen molar-refractivity contribution in [2.45, 2.75) is 38.6 Å².